The van der Waals surface area contributed by atoms with Crippen molar-refractivity contribution in [3.63, 3.8) is 0 Å². The highest BCUT2D eigenvalue weighted by atomic mass is 28.2. The number of halogens is 3. The number of hydrogen-bond donors (Lipinski definition) is 0. The Morgan fingerprint density at radius 3 is 2.04 bits per heavy atom. The third-order valence-corrected chi connectivity index (χ3v) is 3.96. The quantitative estimate of drug-likeness (QED) is 0.413. The van der Waals surface area contributed by atoms with Crippen molar-refractivity contribution in [3.05, 3.63) is 53.8 Å². The van der Waals surface area contributed by atoms with E-state index >= 15 is 0 Å². The van der Waals surface area contributed by atoms with E-state index in [2.05, 4.69) is 0 Å². The van der Waals surface area contributed by atoms with Crippen LogP contribution in [0.25, 0.3) is 11.1 Å². The Morgan fingerprint density at radius 2 is 1.46 bits per heavy atom. The summed E-state index contributed by atoms with van der Waals surface area (Å²) in [4.78, 5) is 0. The molecule has 2 radical (unpaired) electrons. The van der Waals surface area contributed by atoms with Crippen LogP contribution in [0.15, 0.2) is 36.4 Å². The molecule has 24 heavy (non-hydrogen) atoms. The molecular formula is C17H17F3O3Si. The summed E-state index contributed by atoms with van der Waals surface area (Å²) in [6.45, 7) is 3.86. The summed E-state index contributed by atoms with van der Waals surface area (Å²) < 4.78 is 56.1. The van der Waals surface area contributed by atoms with Crippen molar-refractivity contribution in [1.29, 1.82) is 0 Å². The van der Waals surface area contributed by atoms with Crippen LogP contribution in [0, 0.1) is 17.5 Å². The van der Waals surface area contributed by atoms with E-state index in [4.69, 9.17) is 13.9 Å². The molecule has 0 aliphatic heterocycles. The molecule has 0 aliphatic carbocycles. The minimum absolute atomic E-state index is 0.00575. The van der Waals surface area contributed by atoms with E-state index in [-0.39, 0.29) is 15.3 Å². The lowest BCUT2D eigenvalue weighted by atomic mass is 10.1. The minimum atomic E-state index is -1.21. The van der Waals surface area contributed by atoms with Gasteiger partial charge in [0.25, 0.3) is 16.2 Å². The van der Waals surface area contributed by atoms with Gasteiger partial charge in [-0.3, -0.25) is 0 Å². The van der Waals surface area contributed by atoms with E-state index < -0.39 is 23.9 Å². The van der Waals surface area contributed by atoms with Crippen LogP contribution in [0.3, 0.4) is 0 Å². The average molecular weight is 354 g/mol. The van der Waals surface area contributed by atoms with Crippen LogP contribution in [0.1, 0.15) is 13.8 Å². The first-order valence-electron chi connectivity index (χ1n) is 7.45. The molecule has 0 spiro atoms. The predicted molar refractivity (Wildman–Crippen MR) is 85.3 cm³/mol. The summed E-state index contributed by atoms with van der Waals surface area (Å²) in [7, 11) is -0.0264. The topological polar surface area (TPSA) is 27.7 Å². The second-order valence-corrected chi connectivity index (χ2v) is 5.76. The first-order valence-corrected chi connectivity index (χ1v) is 8.35. The molecule has 2 rings (SSSR count). The fourth-order valence-electron chi connectivity index (χ4n) is 1.97. The molecule has 0 fully saturated rings. The van der Waals surface area contributed by atoms with Crippen LogP contribution in [-0.4, -0.2) is 29.5 Å². The molecule has 0 amide bonds. The highest BCUT2D eigenvalue weighted by Crippen LogP contribution is 2.24. The summed E-state index contributed by atoms with van der Waals surface area (Å²) in [6, 6.07) is 8.08. The van der Waals surface area contributed by atoms with Crippen molar-refractivity contribution < 1.29 is 27.1 Å². The van der Waals surface area contributed by atoms with Gasteiger partial charge in [-0.15, -0.1) is 0 Å². The summed E-state index contributed by atoms with van der Waals surface area (Å²) in [6.07, 6.45) is 0. The minimum Gasteiger partial charge on any atom is -0.366 e. The van der Waals surface area contributed by atoms with Gasteiger partial charge in [-0.2, -0.15) is 0 Å². The van der Waals surface area contributed by atoms with Gasteiger partial charge in [0.2, 0.25) is 0 Å². The van der Waals surface area contributed by atoms with Gasteiger partial charge in [-0.1, -0.05) is 24.3 Å². The zero-order chi connectivity index (χ0) is 17.5. The summed E-state index contributed by atoms with van der Waals surface area (Å²) in [5.41, 5.74) is 0.456. The van der Waals surface area contributed by atoms with E-state index in [1.807, 2.05) is 13.8 Å². The molecule has 7 heteroatoms. The fraction of sp³-hybridized carbons (Fsp3) is 0.294. The lowest BCUT2D eigenvalue weighted by molar-refractivity contribution is -0.242. The molecule has 0 aromatic heterocycles. The Bertz CT molecular complexity index is 659. The van der Waals surface area contributed by atoms with Gasteiger partial charge < -0.3 is 13.9 Å². The van der Waals surface area contributed by atoms with Gasteiger partial charge in [0.1, 0.15) is 5.82 Å². The van der Waals surface area contributed by atoms with Crippen LogP contribution in [0.4, 0.5) is 13.2 Å². The summed E-state index contributed by atoms with van der Waals surface area (Å²) in [5.74, 6) is -3.11. The molecule has 0 heterocycles. The zero-order valence-electron chi connectivity index (χ0n) is 13.3. The monoisotopic (exact) mass is 354 g/mol. The molecule has 0 aliphatic rings. The average Bonchev–Trinajstić information content (AvgIpc) is 2.57. The molecule has 0 saturated heterocycles. The van der Waals surface area contributed by atoms with Gasteiger partial charge in [0, 0.05) is 24.8 Å². The molecule has 128 valence electrons. The molecule has 0 atom stereocenters. The van der Waals surface area contributed by atoms with Crippen molar-refractivity contribution in [2.75, 3.05) is 13.2 Å². The number of rotatable bonds is 8. The molecule has 2 aromatic rings. The van der Waals surface area contributed by atoms with Crippen LogP contribution in [0.2, 0.25) is 0 Å². The lowest BCUT2D eigenvalue weighted by Gasteiger charge is -2.16. The number of ether oxygens (including phenoxy) is 2. The molecule has 0 bridgehead atoms. The van der Waals surface area contributed by atoms with E-state index in [0.29, 0.717) is 24.8 Å². The Kier molecular flexibility index (Phi) is 6.98. The van der Waals surface area contributed by atoms with Crippen molar-refractivity contribution in [2.24, 2.45) is 0 Å². The lowest BCUT2D eigenvalue weighted by Crippen LogP contribution is -2.28. The highest BCUT2D eigenvalue weighted by molar-refractivity contribution is 6.46. The van der Waals surface area contributed by atoms with E-state index in [9.17, 15) is 13.2 Å². The first kappa shape index (κ1) is 18.7. The fourth-order valence-corrected chi connectivity index (χ4v) is 2.64. The van der Waals surface area contributed by atoms with Crippen LogP contribution in [-0.2, 0) is 13.9 Å². The van der Waals surface area contributed by atoms with E-state index in [1.54, 1.807) is 24.3 Å². The number of hydrogen-bond acceptors (Lipinski definition) is 3. The maximum atomic E-state index is 13.8. The van der Waals surface area contributed by atoms with Gasteiger partial charge in [0.15, 0.2) is 11.6 Å². The van der Waals surface area contributed by atoms with Crippen molar-refractivity contribution in [2.45, 2.75) is 20.3 Å². The second kappa shape index (κ2) is 8.98. The number of benzene rings is 2. The normalized spacial score (nSPS) is 11.2. The molecule has 0 saturated carbocycles. The van der Waals surface area contributed by atoms with E-state index in [0.717, 1.165) is 11.3 Å². The van der Waals surface area contributed by atoms with Crippen LogP contribution in [0.5, 0.6) is 0 Å². The van der Waals surface area contributed by atoms with Crippen molar-refractivity contribution in [1.82, 2.24) is 0 Å². The SMILES string of the molecule is CCOC(OCC)O[Si]c1ccc(-c2cc(F)c(F)cc2F)cc1. The van der Waals surface area contributed by atoms with Gasteiger partial charge >= 0.3 is 0 Å². The maximum Gasteiger partial charge on any atom is 0.275 e. The van der Waals surface area contributed by atoms with Crippen LogP contribution < -0.4 is 5.19 Å². The standard InChI is InChI=1S/C17H17F3O3Si/c1-3-21-17(22-4-2)23-24-12-7-5-11(6-8-12)13-9-15(19)16(20)10-14(13)18/h5-10,17H,3-4H2,1-2H3. The Hall–Kier alpha value is -1.67. The highest BCUT2D eigenvalue weighted by Gasteiger charge is 2.13. The largest absolute Gasteiger partial charge is 0.366 e. The Labute approximate surface area is 141 Å². The third kappa shape index (κ3) is 4.91. The second-order valence-electron chi connectivity index (χ2n) is 4.74. The Morgan fingerprint density at radius 1 is 0.875 bits per heavy atom. The Balaban J connectivity index is 2.06. The molecular weight excluding hydrogens is 337 g/mol. The van der Waals surface area contributed by atoms with Gasteiger partial charge in [-0.05, 0) is 30.7 Å². The third-order valence-electron chi connectivity index (χ3n) is 3.08. The molecule has 0 unspecified atom stereocenters. The molecule has 2 aromatic carbocycles. The van der Waals surface area contributed by atoms with Crippen molar-refractivity contribution in [3.8, 4) is 11.1 Å². The summed E-state index contributed by atoms with van der Waals surface area (Å²) in [5, 5.41) is 0.839. The van der Waals surface area contributed by atoms with Gasteiger partial charge in [-0.25, -0.2) is 13.2 Å². The van der Waals surface area contributed by atoms with Crippen molar-refractivity contribution >= 4 is 14.9 Å². The summed E-state index contributed by atoms with van der Waals surface area (Å²) >= 11 is 0. The maximum absolute atomic E-state index is 13.8. The smallest absolute Gasteiger partial charge is 0.275 e. The van der Waals surface area contributed by atoms with E-state index in [1.165, 1.54) is 0 Å². The zero-order valence-corrected chi connectivity index (χ0v) is 14.3. The first-order chi connectivity index (χ1) is 11.5. The van der Waals surface area contributed by atoms with Crippen LogP contribution >= 0.6 is 0 Å². The molecule has 0 N–H and O–H groups in total. The molecule has 3 nitrogen and oxygen atoms in total. The predicted octanol–water partition coefficient (Wildman–Crippen LogP) is 3.39. The van der Waals surface area contributed by atoms with Gasteiger partial charge in [0.05, 0.1) is 0 Å².